The molecule has 1 aromatic carbocycles. The third-order valence-corrected chi connectivity index (χ3v) is 8.63. The van der Waals surface area contributed by atoms with Crippen molar-refractivity contribution in [2.75, 3.05) is 32.5 Å². The summed E-state index contributed by atoms with van der Waals surface area (Å²) in [4.78, 5) is 18.3. The summed E-state index contributed by atoms with van der Waals surface area (Å²) in [6.45, 7) is 2.18. The lowest BCUT2D eigenvalue weighted by atomic mass is 9.81. The van der Waals surface area contributed by atoms with Crippen LogP contribution in [0.25, 0.3) is 10.9 Å². The molecular weight excluding hydrogens is 475 g/mol. The molecule has 1 aliphatic heterocycles. The van der Waals surface area contributed by atoms with Gasteiger partial charge in [0.25, 0.3) is 0 Å². The van der Waals surface area contributed by atoms with E-state index in [4.69, 9.17) is 4.74 Å². The minimum Gasteiger partial charge on any atom is -0.497 e. The highest BCUT2D eigenvalue weighted by Crippen LogP contribution is 2.35. The summed E-state index contributed by atoms with van der Waals surface area (Å²) in [6, 6.07) is 9.28. The highest BCUT2D eigenvalue weighted by atomic mass is 32.2. The van der Waals surface area contributed by atoms with Crippen LogP contribution in [-0.4, -0.2) is 58.6 Å². The average Bonchev–Trinajstić information content (AvgIpc) is 3.36. The number of thioether (sulfide) groups is 1. The number of carboxylic acid groups (broad SMARTS) is 1. The maximum atomic E-state index is 14.7. The van der Waals surface area contributed by atoms with E-state index in [0.717, 1.165) is 31.5 Å². The van der Waals surface area contributed by atoms with Gasteiger partial charge in [-0.15, -0.1) is 23.1 Å². The van der Waals surface area contributed by atoms with E-state index in [9.17, 15) is 19.4 Å². The number of ether oxygens (including phenoxy) is 1. The zero-order valence-corrected chi connectivity index (χ0v) is 20.7. The van der Waals surface area contributed by atoms with Gasteiger partial charge in [-0.05, 0) is 61.4 Å². The lowest BCUT2D eigenvalue weighted by molar-refractivity contribution is -0.146. The molecule has 0 bridgehead atoms. The molecule has 1 aliphatic rings. The van der Waals surface area contributed by atoms with E-state index >= 15 is 0 Å². The third kappa shape index (κ3) is 5.89. The van der Waals surface area contributed by atoms with Gasteiger partial charge in [0, 0.05) is 29.8 Å². The highest BCUT2D eigenvalue weighted by molar-refractivity contribution is 8.01. The number of benzene rings is 1. The molecule has 1 fully saturated rings. The number of hydrogen-bond acceptors (Lipinski definition) is 7. The first-order valence-corrected chi connectivity index (χ1v) is 13.2. The van der Waals surface area contributed by atoms with Gasteiger partial charge < -0.3 is 19.8 Å². The van der Waals surface area contributed by atoms with Crippen molar-refractivity contribution in [2.24, 2.45) is 11.8 Å². The lowest BCUT2D eigenvalue weighted by Crippen LogP contribution is -2.44. The summed E-state index contributed by atoms with van der Waals surface area (Å²) in [6.07, 6.45) is 1.63. The Morgan fingerprint density at radius 2 is 2.26 bits per heavy atom. The van der Waals surface area contributed by atoms with Crippen molar-refractivity contribution >= 4 is 40.0 Å². The molecule has 0 aliphatic carbocycles. The van der Waals surface area contributed by atoms with E-state index in [1.807, 2.05) is 6.07 Å². The Bertz CT molecular complexity index is 1110. The van der Waals surface area contributed by atoms with Crippen LogP contribution in [0.1, 0.15) is 30.9 Å². The number of carboxylic acids is 1. The number of fused-ring (bicyclic) bond motifs is 1. The van der Waals surface area contributed by atoms with Crippen molar-refractivity contribution < 1.29 is 24.1 Å². The second-order valence-electron chi connectivity index (χ2n) is 8.57. The number of thiophene rings is 1. The van der Waals surface area contributed by atoms with Crippen molar-refractivity contribution in [1.82, 2.24) is 9.88 Å². The number of likely N-dealkylation sites (tertiary alicyclic amines) is 1. The van der Waals surface area contributed by atoms with Gasteiger partial charge >= 0.3 is 5.97 Å². The van der Waals surface area contributed by atoms with Crippen LogP contribution in [0.2, 0.25) is 0 Å². The minimum absolute atomic E-state index is 0.0564. The maximum Gasteiger partial charge on any atom is 0.308 e. The zero-order chi connectivity index (χ0) is 24.1. The van der Waals surface area contributed by atoms with Crippen LogP contribution in [0.15, 0.2) is 46.1 Å². The number of halogens is 1. The standard InChI is InChI=1S/C25H29FN2O4S2/c1-32-17-5-6-21-18(13-17)24(20(26)14-27-21)22(29)7-4-16-8-9-28(15-19(16)25(30)31)10-12-34-23-3-2-11-33-23/h2-3,5-6,11,13-14,16,19,22,29H,4,7-10,12,15H2,1H3,(H,30,31). The molecule has 2 N–H and O–H groups in total. The summed E-state index contributed by atoms with van der Waals surface area (Å²) in [5.74, 6) is -0.440. The molecule has 3 atom stereocenters. The van der Waals surface area contributed by atoms with Gasteiger partial charge in [-0.1, -0.05) is 6.07 Å². The number of aromatic nitrogens is 1. The van der Waals surface area contributed by atoms with Crippen molar-refractivity contribution in [2.45, 2.75) is 29.6 Å². The summed E-state index contributed by atoms with van der Waals surface area (Å²) in [5.41, 5.74) is 0.771. The Morgan fingerprint density at radius 3 is 3.00 bits per heavy atom. The molecule has 2 aromatic heterocycles. The van der Waals surface area contributed by atoms with Gasteiger partial charge in [-0.2, -0.15) is 0 Å². The van der Waals surface area contributed by atoms with Crippen LogP contribution < -0.4 is 4.74 Å². The average molecular weight is 505 g/mol. The quantitative estimate of drug-likeness (QED) is 0.373. The van der Waals surface area contributed by atoms with Crippen LogP contribution in [0.4, 0.5) is 4.39 Å². The Kier molecular flexibility index (Phi) is 8.41. The number of aliphatic hydroxyl groups excluding tert-OH is 1. The molecule has 182 valence electrons. The molecule has 6 nitrogen and oxygen atoms in total. The Hall–Kier alpha value is -2.20. The summed E-state index contributed by atoms with van der Waals surface area (Å²) in [5, 5.41) is 23.3. The first-order valence-electron chi connectivity index (χ1n) is 11.4. The Labute approximate surface area is 206 Å². The first-order chi connectivity index (χ1) is 16.5. The van der Waals surface area contributed by atoms with Crippen LogP contribution in [0, 0.1) is 17.7 Å². The predicted octanol–water partition coefficient (Wildman–Crippen LogP) is 5.07. The van der Waals surface area contributed by atoms with Crippen molar-refractivity contribution in [3.05, 3.63) is 53.3 Å². The molecule has 0 spiro atoms. The van der Waals surface area contributed by atoms with Crippen molar-refractivity contribution in [3.63, 3.8) is 0 Å². The number of aliphatic carboxylic acids is 1. The van der Waals surface area contributed by atoms with E-state index in [1.165, 1.54) is 11.3 Å². The largest absolute Gasteiger partial charge is 0.497 e. The first kappa shape index (κ1) is 24.9. The van der Waals surface area contributed by atoms with Crippen LogP contribution in [-0.2, 0) is 4.79 Å². The number of methoxy groups -OCH3 is 1. The van der Waals surface area contributed by atoms with Gasteiger partial charge in [0.15, 0.2) is 0 Å². The smallest absolute Gasteiger partial charge is 0.308 e. The highest BCUT2D eigenvalue weighted by Gasteiger charge is 2.34. The number of pyridine rings is 1. The monoisotopic (exact) mass is 504 g/mol. The second kappa shape index (κ2) is 11.5. The third-order valence-electron chi connectivity index (χ3n) is 6.52. The molecule has 3 heterocycles. The van der Waals surface area contributed by atoms with Crippen LogP contribution in [0.5, 0.6) is 5.75 Å². The number of piperidine rings is 1. The summed E-state index contributed by atoms with van der Waals surface area (Å²) >= 11 is 3.51. The molecule has 4 rings (SSSR count). The fourth-order valence-electron chi connectivity index (χ4n) is 4.67. The topological polar surface area (TPSA) is 82.9 Å². The number of nitrogens with zero attached hydrogens (tertiary/aromatic N) is 2. The maximum absolute atomic E-state index is 14.7. The zero-order valence-electron chi connectivity index (χ0n) is 19.0. The molecule has 1 saturated heterocycles. The van der Waals surface area contributed by atoms with E-state index in [-0.39, 0.29) is 17.9 Å². The van der Waals surface area contributed by atoms with E-state index in [1.54, 1.807) is 41.3 Å². The predicted molar refractivity (Wildman–Crippen MR) is 133 cm³/mol. The Balaban J connectivity index is 1.38. The molecule has 34 heavy (non-hydrogen) atoms. The normalized spacial score (nSPS) is 19.9. The second-order valence-corrected chi connectivity index (χ2v) is 10.9. The SMILES string of the molecule is COc1ccc2ncc(F)c(C(O)CCC3CCN(CCSc4cccs4)CC3C(=O)O)c2c1. The molecule has 3 aromatic rings. The fourth-order valence-corrected chi connectivity index (χ4v) is 6.53. The molecule has 0 saturated carbocycles. The lowest BCUT2D eigenvalue weighted by Gasteiger charge is -2.36. The van der Waals surface area contributed by atoms with Gasteiger partial charge in [0.05, 0.1) is 35.1 Å². The number of carbonyl (C=O) groups is 1. The number of hydrogen-bond donors (Lipinski definition) is 2. The number of aliphatic hydroxyl groups is 1. The van der Waals surface area contributed by atoms with E-state index in [0.29, 0.717) is 29.6 Å². The van der Waals surface area contributed by atoms with Gasteiger partial charge in [0.2, 0.25) is 0 Å². The molecular formula is C25H29FN2O4S2. The van der Waals surface area contributed by atoms with Crippen molar-refractivity contribution in [3.8, 4) is 5.75 Å². The molecule has 0 amide bonds. The fraction of sp³-hybridized carbons (Fsp3) is 0.440. The van der Waals surface area contributed by atoms with Crippen LogP contribution in [0.3, 0.4) is 0 Å². The van der Waals surface area contributed by atoms with E-state index in [2.05, 4.69) is 21.3 Å². The Morgan fingerprint density at radius 1 is 1.41 bits per heavy atom. The number of rotatable bonds is 10. The van der Waals surface area contributed by atoms with Gasteiger partial charge in [-0.3, -0.25) is 9.78 Å². The minimum atomic E-state index is -1.05. The van der Waals surface area contributed by atoms with E-state index < -0.39 is 23.8 Å². The van der Waals surface area contributed by atoms with Crippen LogP contribution >= 0.6 is 23.1 Å². The molecule has 3 unspecified atom stereocenters. The van der Waals surface area contributed by atoms with Gasteiger partial charge in [-0.25, -0.2) is 4.39 Å². The van der Waals surface area contributed by atoms with Gasteiger partial charge in [0.1, 0.15) is 11.6 Å². The summed E-state index contributed by atoms with van der Waals surface area (Å²) in [7, 11) is 1.53. The van der Waals surface area contributed by atoms with Crippen molar-refractivity contribution in [1.29, 1.82) is 0 Å². The molecule has 0 radical (unpaired) electrons. The molecule has 9 heteroatoms. The summed E-state index contributed by atoms with van der Waals surface area (Å²) < 4.78 is 21.2.